The first-order valence-corrected chi connectivity index (χ1v) is 10.9. The Bertz CT molecular complexity index is 739. The first-order valence-electron chi connectivity index (χ1n) is 10.9. The van der Waals surface area contributed by atoms with Crippen LogP contribution in [-0.2, 0) is 4.74 Å². The van der Waals surface area contributed by atoms with Crippen molar-refractivity contribution < 1.29 is 14.3 Å². The van der Waals surface area contributed by atoms with Crippen LogP contribution >= 0.6 is 0 Å². The minimum Gasteiger partial charge on any atom is -0.375 e. The summed E-state index contributed by atoms with van der Waals surface area (Å²) < 4.78 is 6.27. The van der Waals surface area contributed by atoms with Crippen molar-refractivity contribution >= 4 is 11.9 Å². The normalized spacial score (nSPS) is 23.7. The fraction of sp³-hybridized carbons (Fsp3) is 0.682. The molecule has 1 N–H and O–H groups in total. The number of hydrogen-bond acceptors (Lipinski definition) is 4. The summed E-state index contributed by atoms with van der Waals surface area (Å²) in [5, 5.41) is 2.99. The second-order valence-electron chi connectivity index (χ2n) is 8.63. The Balaban J connectivity index is 1.39. The van der Waals surface area contributed by atoms with Crippen LogP contribution in [-0.4, -0.2) is 70.6 Å². The molecule has 1 aromatic heterocycles. The van der Waals surface area contributed by atoms with Crippen LogP contribution in [0.4, 0.5) is 4.79 Å². The minimum atomic E-state index is -0.217. The van der Waals surface area contributed by atoms with Crippen LogP contribution in [0.25, 0.3) is 0 Å². The third-order valence-electron chi connectivity index (χ3n) is 6.48. The number of carbonyl (C=O) groups excluding carboxylic acids is 2. The SMILES string of the molecule is CCNC(=O)N(C1CC1)C1CCOC2(CCN(C(=O)c3ccc(C)nc3)CC2)C1. The monoisotopic (exact) mass is 400 g/mol. The Morgan fingerprint density at radius 2 is 2.00 bits per heavy atom. The van der Waals surface area contributed by atoms with Crippen LogP contribution in [0.2, 0.25) is 0 Å². The molecule has 1 unspecified atom stereocenters. The van der Waals surface area contributed by atoms with Gasteiger partial charge in [0.15, 0.2) is 0 Å². The number of likely N-dealkylation sites (tertiary alicyclic amines) is 1. The van der Waals surface area contributed by atoms with Crippen LogP contribution in [0.3, 0.4) is 0 Å². The number of amides is 3. The highest BCUT2D eigenvalue weighted by molar-refractivity contribution is 5.94. The molecule has 7 nitrogen and oxygen atoms in total. The fourth-order valence-electron chi connectivity index (χ4n) is 4.71. The zero-order valence-electron chi connectivity index (χ0n) is 17.5. The van der Waals surface area contributed by atoms with E-state index >= 15 is 0 Å². The van der Waals surface area contributed by atoms with Gasteiger partial charge in [0.25, 0.3) is 5.91 Å². The first-order chi connectivity index (χ1) is 14.0. The van der Waals surface area contributed by atoms with Crippen molar-refractivity contribution in [3.8, 4) is 0 Å². The van der Waals surface area contributed by atoms with Gasteiger partial charge in [-0.3, -0.25) is 9.78 Å². The van der Waals surface area contributed by atoms with E-state index in [2.05, 4.69) is 15.2 Å². The Morgan fingerprint density at radius 3 is 2.62 bits per heavy atom. The number of urea groups is 1. The van der Waals surface area contributed by atoms with Gasteiger partial charge in [-0.15, -0.1) is 0 Å². The maximum absolute atomic E-state index is 12.8. The lowest BCUT2D eigenvalue weighted by Gasteiger charge is -2.48. The van der Waals surface area contributed by atoms with E-state index in [0.29, 0.717) is 37.8 Å². The zero-order chi connectivity index (χ0) is 20.4. The molecule has 2 saturated heterocycles. The van der Waals surface area contributed by atoms with Gasteiger partial charge in [-0.2, -0.15) is 0 Å². The molecule has 3 heterocycles. The zero-order valence-corrected chi connectivity index (χ0v) is 17.5. The summed E-state index contributed by atoms with van der Waals surface area (Å²) in [7, 11) is 0. The lowest BCUT2D eigenvalue weighted by Crippen LogP contribution is -2.57. The van der Waals surface area contributed by atoms with Gasteiger partial charge in [-0.1, -0.05) is 0 Å². The van der Waals surface area contributed by atoms with Gasteiger partial charge in [-0.25, -0.2) is 4.79 Å². The highest BCUT2D eigenvalue weighted by Gasteiger charge is 2.46. The number of pyridine rings is 1. The van der Waals surface area contributed by atoms with Crippen LogP contribution < -0.4 is 5.32 Å². The Kier molecular flexibility index (Phi) is 5.76. The van der Waals surface area contributed by atoms with E-state index in [-0.39, 0.29) is 23.6 Å². The van der Waals surface area contributed by atoms with Crippen molar-refractivity contribution in [3.63, 3.8) is 0 Å². The molecule has 1 saturated carbocycles. The molecule has 3 amide bonds. The number of rotatable bonds is 4. The summed E-state index contributed by atoms with van der Waals surface area (Å²) in [6, 6.07) is 4.41. The molecule has 1 aromatic rings. The molecular weight excluding hydrogens is 368 g/mol. The molecule has 29 heavy (non-hydrogen) atoms. The van der Waals surface area contributed by atoms with Gasteiger partial charge >= 0.3 is 6.03 Å². The smallest absolute Gasteiger partial charge is 0.317 e. The molecule has 1 atom stereocenters. The summed E-state index contributed by atoms with van der Waals surface area (Å²) in [6.45, 7) is 6.59. The molecule has 4 rings (SSSR count). The number of carbonyl (C=O) groups is 2. The van der Waals surface area contributed by atoms with Crippen LogP contribution in [0.15, 0.2) is 18.3 Å². The summed E-state index contributed by atoms with van der Waals surface area (Å²) >= 11 is 0. The van der Waals surface area contributed by atoms with Crippen LogP contribution in [0.1, 0.15) is 61.5 Å². The predicted octanol–water partition coefficient (Wildman–Crippen LogP) is 2.74. The van der Waals surface area contributed by atoms with Gasteiger partial charge < -0.3 is 19.9 Å². The van der Waals surface area contributed by atoms with Crippen molar-refractivity contribution in [2.45, 2.75) is 70.1 Å². The van der Waals surface area contributed by atoms with Crippen molar-refractivity contribution in [1.29, 1.82) is 0 Å². The number of nitrogens with one attached hydrogen (secondary N) is 1. The summed E-state index contributed by atoms with van der Waals surface area (Å²) in [5.74, 6) is 0.0432. The highest BCUT2D eigenvalue weighted by atomic mass is 16.5. The molecule has 3 fully saturated rings. The number of piperidine rings is 1. The van der Waals surface area contributed by atoms with E-state index in [1.165, 1.54) is 0 Å². The van der Waals surface area contributed by atoms with E-state index in [4.69, 9.17) is 4.74 Å². The van der Waals surface area contributed by atoms with Gasteiger partial charge in [0.2, 0.25) is 0 Å². The standard InChI is InChI=1S/C22H32N4O3/c1-3-23-21(28)26(18-6-7-18)19-8-13-29-22(14-19)9-11-25(12-10-22)20(27)17-5-4-16(2)24-15-17/h4-5,15,18-19H,3,6-14H2,1-2H3,(H,23,28). The van der Waals surface area contributed by atoms with Crippen molar-refractivity contribution in [2.75, 3.05) is 26.2 Å². The van der Waals surface area contributed by atoms with E-state index in [9.17, 15) is 9.59 Å². The van der Waals surface area contributed by atoms with Crippen molar-refractivity contribution in [1.82, 2.24) is 20.1 Å². The summed E-state index contributed by atoms with van der Waals surface area (Å²) in [6.07, 6.45) is 7.28. The molecule has 7 heteroatoms. The number of aromatic nitrogens is 1. The van der Waals surface area contributed by atoms with E-state index in [0.717, 1.165) is 44.2 Å². The Labute approximate surface area is 172 Å². The maximum Gasteiger partial charge on any atom is 0.317 e. The van der Waals surface area contributed by atoms with Crippen molar-refractivity contribution in [3.05, 3.63) is 29.6 Å². The quantitative estimate of drug-likeness (QED) is 0.843. The lowest BCUT2D eigenvalue weighted by atomic mass is 9.81. The molecule has 0 bridgehead atoms. The number of nitrogens with zero attached hydrogens (tertiary/aromatic N) is 3. The van der Waals surface area contributed by atoms with Gasteiger partial charge in [-0.05, 0) is 64.5 Å². The Morgan fingerprint density at radius 1 is 1.24 bits per heavy atom. The molecule has 3 aliphatic rings. The molecular formula is C22H32N4O3. The average Bonchev–Trinajstić information content (AvgIpc) is 3.54. The number of hydrogen-bond donors (Lipinski definition) is 1. The van der Waals surface area contributed by atoms with Gasteiger partial charge in [0, 0.05) is 50.2 Å². The Hall–Kier alpha value is -2.15. The fourth-order valence-corrected chi connectivity index (χ4v) is 4.71. The molecule has 158 valence electrons. The van der Waals surface area contributed by atoms with Gasteiger partial charge in [0.05, 0.1) is 11.2 Å². The molecule has 1 aliphatic carbocycles. The third-order valence-corrected chi connectivity index (χ3v) is 6.48. The number of ether oxygens (including phenoxy) is 1. The molecule has 1 spiro atoms. The predicted molar refractivity (Wildman–Crippen MR) is 110 cm³/mol. The highest BCUT2D eigenvalue weighted by Crippen LogP contribution is 2.40. The second-order valence-corrected chi connectivity index (χ2v) is 8.63. The van der Waals surface area contributed by atoms with Crippen LogP contribution in [0.5, 0.6) is 0 Å². The minimum absolute atomic E-state index is 0.0432. The topological polar surface area (TPSA) is 74.8 Å². The van der Waals surface area contributed by atoms with Gasteiger partial charge in [0.1, 0.15) is 0 Å². The second kappa shape index (κ2) is 8.30. The third kappa shape index (κ3) is 4.39. The summed E-state index contributed by atoms with van der Waals surface area (Å²) in [4.78, 5) is 33.7. The average molecular weight is 401 g/mol. The summed E-state index contributed by atoms with van der Waals surface area (Å²) in [5.41, 5.74) is 1.34. The largest absolute Gasteiger partial charge is 0.375 e. The lowest BCUT2D eigenvalue weighted by molar-refractivity contribution is -0.126. The van der Waals surface area contributed by atoms with E-state index < -0.39 is 0 Å². The van der Waals surface area contributed by atoms with Crippen LogP contribution in [0, 0.1) is 6.92 Å². The molecule has 0 radical (unpaired) electrons. The van der Waals surface area contributed by atoms with E-state index in [1.807, 2.05) is 30.9 Å². The molecule has 0 aromatic carbocycles. The number of aryl methyl sites for hydroxylation is 1. The molecule has 2 aliphatic heterocycles. The maximum atomic E-state index is 12.8. The first kappa shape index (κ1) is 20.1. The van der Waals surface area contributed by atoms with E-state index in [1.54, 1.807) is 6.20 Å². The van der Waals surface area contributed by atoms with Crippen molar-refractivity contribution in [2.24, 2.45) is 0 Å².